The number of hydrogen-bond donors (Lipinski definition) is 1. The van der Waals surface area contributed by atoms with E-state index in [4.69, 9.17) is 0 Å². The van der Waals surface area contributed by atoms with Gasteiger partial charge in [0.1, 0.15) is 0 Å². The lowest BCUT2D eigenvalue weighted by Gasteiger charge is -2.34. The van der Waals surface area contributed by atoms with Crippen molar-refractivity contribution in [2.24, 2.45) is 5.41 Å². The Hall–Kier alpha value is -1.12. The SMILES string of the molecule is C=C1CCC(N(O)Cc2ccccc2)C1(C)C. The van der Waals surface area contributed by atoms with E-state index >= 15 is 0 Å². The molecular weight excluding hydrogens is 210 g/mol. The van der Waals surface area contributed by atoms with E-state index < -0.39 is 0 Å². The van der Waals surface area contributed by atoms with Crippen molar-refractivity contribution in [3.8, 4) is 0 Å². The van der Waals surface area contributed by atoms with Gasteiger partial charge in [0.15, 0.2) is 0 Å². The maximum absolute atomic E-state index is 10.2. The standard InChI is InChI=1S/C15H21NO/c1-12-9-10-14(15(12,2)3)16(17)11-13-7-5-4-6-8-13/h4-8,14,17H,1,9-11H2,2-3H3. The monoisotopic (exact) mass is 231 g/mol. The van der Waals surface area contributed by atoms with E-state index in [1.807, 2.05) is 30.3 Å². The second-order valence-corrected chi connectivity index (χ2v) is 5.46. The maximum atomic E-state index is 10.2. The molecule has 17 heavy (non-hydrogen) atoms. The molecule has 1 aliphatic carbocycles. The van der Waals surface area contributed by atoms with E-state index in [9.17, 15) is 5.21 Å². The predicted octanol–water partition coefficient (Wildman–Crippen LogP) is 3.62. The Balaban J connectivity index is 2.06. The second kappa shape index (κ2) is 4.63. The molecule has 0 spiro atoms. The molecule has 1 aromatic rings. The summed E-state index contributed by atoms with van der Waals surface area (Å²) in [6.45, 7) is 9.03. The number of hydroxylamine groups is 2. The summed E-state index contributed by atoms with van der Waals surface area (Å²) in [4.78, 5) is 0. The van der Waals surface area contributed by atoms with Crippen LogP contribution in [0.1, 0.15) is 32.3 Å². The molecule has 1 unspecified atom stereocenters. The van der Waals surface area contributed by atoms with Crippen molar-refractivity contribution in [1.29, 1.82) is 0 Å². The van der Waals surface area contributed by atoms with E-state index in [0.29, 0.717) is 6.54 Å². The fourth-order valence-corrected chi connectivity index (χ4v) is 2.63. The van der Waals surface area contributed by atoms with Gasteiger partial charge in [-0.15, -0.1) is 0 Å². The highest BCUT2D eigenvalue weighted by molar-refractivity contribution is 5.19. The number of benzene rings is 1. The average molecular weight is 231 g/mol. The Kier molecular flexibility index (Phi) is 3.36. The normalized spacial score (nSPS) is 23.3. The first-order chi connectivity index (χ1) is 8.01. The molecule has 0 heterocycles. The molecule has 0 aliphatic heterocycles. The predicted molar refractivity (Wildman–Crippen MR) is 69.7 cm³/mol. The molecule has 0 bridgehead atoms. The van der Waals surface area contributed by atoms with Gasteiger partial charge in [0, 0.05) is 18.0 Å². The second-order valence-electron chi connectivity index (χ2n) is 5.46. The molecule has 1 aliphatic rings. The van der Waals surface area contributed by atoms with Gasteiger partial charge in [-0.3, -0.25) is 0 Å². The zero-order valence-corrected chi connectivity index (χ0v) is 10.7. The zero-order chi connectivity index (χ0) is 12.5. The summed E-state index contributed by atoms with van der Waals surface area (Å²) >= 11 is 0. The highest BCUT2D eigenvalue weighted by Gasteiger charge is 2.40. The molecule has 1 atom stereocenters. The van der Waals surface area contributed by atoms with Crippen LogP contribution in [0.2, 0.25) is 0 Å². The average Bonchev–Trinajstić information content (AvgIpc) is 2.55. The van der Waals surface area contributed by atoms with Gasteiger partial charge < -0.3 is 5.21 Å². The quantitative estimate of drug-likeness (QED) is 0.634. The number of nitrogens with zero attached hydrogens (tertiary/aromatic N) is 1. The molecule has 0 radical (unpaired) electrons. The summed E-state index contributed by atoms with van der Waals surface area (Å²) < 4.78 is 0. The molecule has 0 saturated heterocycles. The summed E-state index contributed by atoms with van der Waals surface area (Å²) in [7, 11) is 0. The minimum Gasteiger partial charge on any atom is -0.313 e. The summed E-state index contributed by atoms with van der Waals surface area (Å²) in [6.07, 6.45) is 2.01. The van der Waals surface area contributed by atoms with Gasteiger partial charge in [-0.1, -0.05) is 56.3 Å². The van der Waals surface area contributed by atoms with Crippen LogP contribution < -0.4 is 0 Å². The maximum Gasteiger partial charge on any atom is 0.0492 e. The fourth-order valence-electron chi connectivity index (χ4n) is 2.63. The zero-order valence-electron chi connectivity index (χ0n) is 10.7. The Bertz CT molecular complexity index is 397. The first-order valence-electron chi connectivity index (χ1n) is 6.19. The summed E-state index contributed by atoms with van der Waals surface area (Å²) in [5.41, 5.74) is 2.39. The summed E-state index contributed by atoms with van der Waals surface area (Å²) in [5.74, 6) is 0. The highest BCUT2D eigenvalue weighted by Crippen LogP contribution is 2.43. The summed E-state index contributed by atoms with van der Waals surface area (Å²) in [5, 5.41) is 11.7. The van der Waals surface area contributed by atoms with Crippen LogP contribution in [-0.2, 0) is 6.54 Å². The van der Waals surface area contributed by atoms with Crippen LogP contribution in [0.25, 0.3) is 0 Å². The van der Waals surface area contributed by atoms with Crippen LogP contribution >= 0.6 is 0 Å². The van der Waals surface area contributed by atoms with Crippen molar-refractivity contribution in [2.45, 2.75) is 39.3 Å². The first kappa shape index (κ1) is 12.3. The van der Waals surface area contributed by atoms with Gasteiger partial charge in [0.2, 0.25) is 0 Å². The van der Waals surface area contributed by atoms with Gasteiger partial charge in [-0.2, -0.15) is 5.06 Å². The minimum absolute atomic E-state index is 0.00350. The van der Waals surface area contributed by atoms with E-state index in [1.165, 1.54) is 10.6 Å². The van der Waals surface area contributed by atoms with Crippen molar-refractivity contribution >= 4 is 0 Å². The van der Waals surface area contributed by atoms with Crippen molar-refractivity contribution in [1.82, 2.24) is 5.06 Å². The largest absolute Gasteiger partial charge is 0.313 e. The topological polar surface area (TPSA) is 23.5 Å². The highest BCUT2D eigenvalue weighted by atomic mass is 16.5. The molecule has 1 saturated carbocycles. The number of hydrogen-bond acceptors (Lipinski definition) is 2. The molecule has 0 amide bonds. The van der Waals surface area contributed by atoms with E-state index in [-0.39, 0.29) is 11.5 Å². The van der Waals surface area contributed by atoms with Gasteiger partial charge in [0.05, 0.1) is 0 Å². The lowest BCUT2D eigenvalue weighted by atomic mass is 9.84. The van der Waals surface area contributed by atoms with Crippen molar-refractivity contribution in [3.63, 3.8) is 0 Å². The molecule has 1 N–H and O–H groups in total. The minimum atomic E-state index is 0.00350. The molecule has 92 valence electrons. The Morgan fingerprint density at radius 1 is 1.35 bits per heavy atom. The number of rotatable bonds is 3. The van der Waals surface area contributed by atoms with Crippen LogP contribution in [0, 0.1) is 5.41 Å². The Morgan fingerprint density at radius 2 is 2.00 bits per heavy atom. The molecule has 2 nitrogen and oxygen atoms in total. The molecule has 2 rings (SSSR count). The third-order valence-electron chi connectivity index (χ3n) is 4.01. The summed E-state index contributed by atoms with van der Waals surface area (Å²) in [6, 6.07) is 10.3. The molecular formula is C15H21NO. The van der Waals surface area contributed by atoms with Crippen LogP contribution in [-0.4, -0.2) is 16.3 Å². The first-order valence-corrected chi connectivity index (χ1v) is 6.19. The third-order valence-corrected chi connectivity index (χ3v) is 4.01. The third kappa shape index (κ3) is 2.43. The van der Waals surface area contributed by atoms with Gasteiger partial charge in [0.25, 0.3) is 0 Å². The van der Waals surface area contributed by atoms with Crippen molar-refractivity contribution in [3.05, 3.63) is 48.0 Å². The van der Waals surface area contributed by atoms with Crippen LogP contribution in [0.4, 0.5) is 0 Å². The van der Waals surface area contributed by atoms with Crippen molar-refractivity contribution in [2.75, 3.05) is 0 Å². The van der Waals surface area contributed by atoms with Crippen molar-refractivity contribution < 1.29 is 5.21 Å². The van der Waals surface area contributed by atoms with Gasteiger partial charge >= 0.3 is 0 Å². The Morgan fingerprint density at radius 3 is 2.53 bits per heavy atom. The lowest BCUT2D eigenvalue weighted by molar-refractivity contribution is -0.153. The van der Waals surface area contributed by atoms with E-state index in [1.54, 1.807) is 0 Å². The van der Waals surface area contributed by atoms with Gasteiger partial charge in [-0.05, 0) is 18.4 Å². The molecule has 2 heteroatoms. The lowest BCUT2D eigenvalue weighted by Crippen LogP contribution is -2.39. The molecule has 0 aromatic heterocycles. The van der Waals surface area contributed by atoms with Gasteiger partial charge in [-0.25, -0.2) is 0 Å². The Labute approximate surface area is 104 Å². The van der Waals surface area contributed by atoms with Crippen LogP contribution in [0.3, 0.4) is 0 Å². The molecule has 1 aromatic carbocycles. The van der Waals surface area contributed by atoms with Crippen LogP contribution in [0.15, 0.2) is 42.5 Å². The fraction of sp³-hybridized carbons (Fsp3) is 0.467. The van der Waals surface area contributed by atoms with Crippen LogP contribution in [0.5, 0.6) is 0 Å². The smallest absolute Gasteiger partial charge is 0.0492 e. The molecule has 1 fully saturated rings. The van der Waals surface area contributed by atoms with E-state index in [0.717, 1.165) is 18.4 Å². The van der Waals surface area contributed by atoms with E-state index in [2.05, 4.69) is 20.4 Å².